The molecule has 2 amide bonds. The maximum Gasteiger partial charge on any atom is 0.264 e. The highest BCUT2D eigenvalue weighted by molar-refractivity contribution is 7.92. The number of unbranched alkanes of at least 4 members (excludes halogenated alkanes) is 1. The van der Waals surface area contributed by atoms with Crippen molar-refractivity contribution in [2.45, 2.75) is 51.0 Å². The Labute approximate surface area is 247 Å². The van der Waals surface area contributed by atoms with Crippen molar-refractivity contribution in [1.82, 2.24) is 10.2 Å². The zero-order valence-electron chi connectivity index (χ0n) is 22.9. The number of carbonyl (C=O) groups excluding carboxylic acids is 2. The summed E-state index contributed by atoms with van der Waals surface area (Å²) in [4.78, 5) is 28.3. The standard InChI is InChI=1S/C30H35Cl2N3O4S/c1-4-5-16-33-30(37)23(3)34(17-15-24-9-7-6-8-10-24)29(36)21-35(27-19-25(31)18-26(32)20-27)40(38,39)28-13-11-22(2)12-14-28/h6-14,18-20,23H,4-5,15-17,21H2,1-3H3,(H,33,37)/t23-/m0/s1. The lowest BCUT2D eigenvalue weighted by Gasteiger charge is -2.32. The number of nitrogens with one attached hydrogen (secondary N) is 1. The smallest absolute Gasteiger partial charge is 0.264 e. The number of rotatable bonds is 13. The Balaban J connectivity index is 1.98. The second kappa shape index (κ2) is 14.5. The van der Waals surface area contributed by atoms with Crippen LogP contribution in [-0.4, -0.2) is 50.8 Å². The molecule has 0 bridgehead atoms. The summed E-state index contributed by atoms with van der Waals surface area (Å²) in [6, 6.07) is 19.5. The van der Waals surface area contributed by atoms with Gasteiger partial charge >= 0.3 is 0 Å². The minimum atomic E-state index is -4.20. The largest absolute Gasteiger partial charge is 0.354 e. The van der Waals surface area contributed by atoms with Gasteiger partial charge < -0.3 is 10.2 Å². The van der Waals surface area contributed by atoms with Crippen LogP contribution in [0.2, 0.25) is 10.0 Å². The second-order valence-corrected chi connectivity index (χ2v) is 12.3. The molecule has 0 heterocycles. The van der Waals surface area contributed by atoms with Gasteiger partial charge in [-0.05, 0) is 62.6 Å². The third-order valence-corrected chi connectivity index (χ3v) is 8.73. The zero-order valence-corrected chi connectivity index (χ0v) is 25.3. The number of amides is 2. The van der Waals surface area contributed by atoms with Gasteiger partial charge in [-0.15, -0.1) is 0 Å². The van der Waals surface area contributed by atoms with Crippen LogP contribution in [0.15, 0.2) is 77.7 Å². The Hall–Kier alpha value is -3.07. The van der Waals surface area contributed by atoms with E-state index in [1.807, 2.05) is 44.2 Å². The first-order valence-electron chi connectivity index (χ1n) is 13.2. The molecule has 3 aromatic rings. The van der Waals surface area contributed by atoms with Crippen LogP contribution in [0.1, 0.15) is 37.8 Å². The van der Waals surface area contributed by atoms with E-state index < -0.39 is 28.5 Å². The van der Waals surface area contributed by atoms with Gasteiger partial charge in [0.05, 0.1) is 10.6 Å². The van der Waals surface area contributed by atoms with Crippen LogP contribution in [0.4, 0.5) is 5.69 Å². The zero-order chi connectivity index (χ0) is 29.3. The Bertz CT molecular complexity index is 1380. The van der Waals surface area contributed by atoms with Gasteiger partial charge in [0, 0.05) is 23.1 Å². The average Bonchev–Trinajstić information content (AvgIpc) is 2.92. The minimum absolute atomic E-state index is 0.0168. The van der Waals surface area contributed by atoms with E-state index >= 15 is 0 Å². The molecule has 3 rings (SSSR count). The first-order chi connectivity index (χ1) is 19.0. The van der Waals surface area contributed by atoms with Gasteiger partial charge in [0.1, 0.15) is 12.6 Å². The fourth-order valence-electron chi connectivity index (χ4n) is 4.16. The maximum absolute atomic E-state index is 13.9. The van der Waals surface area contributed by atoms with Crippen LogP contribution in [0, 0.1) is 6.92 Å². The molecule has 0 aliphatic heterocycles. The summed E-state index contributed by atoms with van der Waals surface area (Å²) in [5.41, 5.74) is 2.03. The summed E-state index contributed by atoms with van der Waals surface area (Å²) >= 11 is 12.5. The van der Waals surface area contributed by atoms with Crippen LogP contribution in [0.3, 0.4) is 0 Å². The lowest BCUT2D eigenvalue weighted by molar-refractivity contribution is -0.138. The van der Waals surface area contributed by atoms with Crippen LogP contribution < -0.4 is 9.62 Å². The topological polar surface area (TPSA) is 86.8 Å². The molecule has 0 saturated heterocycles. The number of anilines is 1. The Morgan fingerprint density at radius 2 is 1.57 bits per heavy atom. The molecule has 0 unspecified atom stereocenters. The monoisotopic (exact) mass is 603 g/mol. The van der Waals surface area contributed by atoms with Crippen molar-refractivity contribution in [1.29, 1.82) is 0 Å². The van der Waals surface area contributed by atoms with E-state index in [0.717, 1.165) is 28.3 Å². The highest BCUT2D eigenvalue weighted by atomic mass is 35.5. The molecule has 0 aromatic heterocycles. The molecule has 1 N–H and O–H groups in total. The van der Waals surface area contributed by atoms with E-state index in [-0.39, 0.29) is 33.1 Å². The maximum atomic E-state index is 13.9. The van der Waals surface area contributed by atoms with Gasteiger partial charge in [0.2, 0.25) is 11.8 Å². The van der Waals surface area contributed by atoms with E-state index in [1.165, 1.54) is 35.2 Å². The van der Waals surface area contributed by atoms with Crippen molar-refractivity contribution < 1.29 is 18.0 Å². The van der Waals surface area contributed by atoms with Gasteiger partial charge in [0.25, 0.3) is 10.0 Å². The van der Waals surface area contributed by atoms with Crippen LogP contribution in [-0.2, 0) is 26.0 Å². The first kappa shape index (κ1) is 31.5. The highest BCUT2D eigenvalue weighted by Crippen LogP contribution is 2.30. The summed E-state index contributed by atoms with van der Waals surface area (Å²) < 4.78 is 28.7. The average molecular weight is 605 g/mol. The molecule has 0 spiro atoms. The SMILES string of the molecule is CCCCNC(=O)[C@H](C)N(CCc1ccccc1)C(=O)CN(c1cc(Cl)cc(Cl)c1)S(=O)(=O)c1ccc(C)cc1. The van der Waals surface area contributed by atoms with Crippen LogP contribution in [0.25, 0.3) is 0 Å². The van der Waals surface area contributed by atoms with Gasteiger partial charge in [-0.1, -0.05) is 84.6 Å². The molecule has 40 heavy (non-hydrogen) atoms. The molecule has 0 radical (unpaired) electrons. The Morgan fingerprint density at radius 3 is 2.17 bits per heavy atom. The number of halogens is 2. The molecule has 10 heteroatoms. The molecule has 7 nitrogen and oxygen atoms in total. The number of aryl methyl sites for hydroxylation is 1. The molecule has 0 fully saturated rings. The Morgan fingerprint density at radius 1 is 0.950 bits per heavy atom. The van der Waals surface area contributed by atoms with E-state index in [9.17, 15) is 18.0 Å². The fourth-order valence-corrected chi connectivity index (χ4v) is 6.07. The number of nitrogens with zero attached hydrogens (tertiary/aromatic N) is 2. The van der Waals surface area contributed by atoms with E-state index in [2.05, 4.69) is 5.32 Å². The molecule has 0 aliphatic carbocycles. The van der Waals surface area contributed by atoms with Crippen molar-refractivity contribution >= 4 is 50.7 Å². The van der Waals surface area contributed by atoms with Gasteiger partial charge in [0.15, 0.2) is 0 Å². The predicted molar refractivity (Wildman–Crippen MR) is 161 cm³/mol. The third-order valence-electron chi connectivity index (χ3n) is 6.50. The predicted octanol–water partition coefficient (Wildman–Crippen LogP) is 5.87. The molecule has 0 saturated carbocycles. The second-order valence-electron chi connectivity index (χ2n) is 9.60. The van der Waals surface area contributed by atoms with Gasteiger partial charge in [-0.25, -0.2) is 8.42 Å². The van der Waals surface area contributed by atoms with Crippen molar-refractivity contribution in [2.24, 2.45) is 0 Å². The molecular weight excluding hydrogens is 569 g/mol. The Kier molecular flexibility index (Phi) is 11.4. The molecule has 0 aliphatic rings. The van der Waals surface area contributed by atoms with Gasteiger partial charge in [-0.2, -0.15) is 0 Å². The molecular formula is C30H35Cl2N3O4S. The summed E-state index contributed by atoms with van der Waals surface area (Å²) in [6.45, 7) is 5.70. The highest BCUT2D eigenvalue weighted by Gasteiger charge is 2.32. The fraction of sp³-hybridized carbons (Fsp3) is 0.333. The van der Waals surface area contributed by atoms with Gasteiger partial charge in [-0.3, -0.25) is 13.9 Å². The summed E-state index contributed by atoms with van der Waals surface area (Å²) in [5, 5.41) is 3.33. The minimum Gasteiger partial charge on any atom is -0.354 e. The quantitative estimate of drug-likeness (QED) is 0.247. The number of benzene rings is 3. The van der Waals surface area contributed by atoms with Crippen molar-refractivity contribution in [3.63, 3.8) is 0 Å². The summed E-state index contributed by atoms with van der Waals surface area (Å²) in [6.07, 6.45) is 2.22. The number of carbonyl (C=O) groups is 2. The van der Waals surface area contributed by atoms with Crippen molar-refractivity contribution in [3.8, 4) is 0 Å². The number of hydrogen-bond donors (Lipinski definition) is 1. The van der Waals surface area contributed by atoms with E-state index in [4.69, 9.17) is 23.2 Å². The number of hydrogen-bond acceptors (Lipinski definition) is 4. The lowest BCUT2D eigenvalue weighted by atomic mass is 10.1. The molecule has 1 atom stereocenters. The van der Waals surface area contributed by atoms with Crippen molar-refractivity contribution in [2.75, 3.05) is 23.9 Å². The third kappa shape index (κ3) is 8.46. The van der Waals surface area contributed by atoms with E-state index in [1.54, 1.807) is 19.1 Å². The first-order valence-corrected chi connectivity index (χ1v) is 15.4. The summed E-state index contributed by atoms with van der Waals surface area (Å²) in [5.74, 6) is -0.825. The van der Waals surface area contributed by atoms with Crippen molar-refractivity contribution in [3.05, 3.63) is 94.0 Å². The number of sulfonamides is 1. The van der Waals surface area contributed by atoms with E-state index in [0.29, 0.717) is 13.0 Å². The lowest BCUT2D eigenvalue weighted by Crippen LogP contribution is -2.52. The summed E-state index contributed by atoms with van der Waals surface area (Å²) in [7, 11) is -4.20. The normalized spacial score (nSPS) is 12.0. The van der Waals surface area contributed by atoms with Crippen LogP contribution in [0.5, 0.6) is 0 Å². The molecule has 214 valence electrons. The van der Waals surface area contributed by atoms with Crippen LogP contribution >= 0.6 is 23.2 Å². The molecule has 3 aromatic carbocycles.